The second-order valence-corrected chi connectivity index (χ2v) is 5.25. The minimum Gasteiger partial charge on any atom is -0.378 e. The molecule has 1 saturated heterocycles. The highest BCUT2D eigenvalue weighted by molar-refractivity contribution is 5.74. The molecule has 1 aliphatic rings. The molecule has 0 aliphatic carbocycles. The predicted octanol–water partition coefficient (Wildman–Crippen LogP) is 2.27. The van der Waals surface area contributed by atoms with E-state index >= 15 is 0 Å². The molecule has 0 bridgehead atoms. The van der Waals surface area contributed by atoms with Gasteiger partial charge < -0.3 is 15.0 Å². The number of anilines is 3. The first-order valence-corrected chi connectivity index (χ1v) is 7.31. The molecular formula is C15H17N5O3. The lowest BCUT2D eigenvalue weighted by Crippen LogP contribution is -2.37. The molecule has 0 amide bonds. The van der Waals surface area contributed by atoms with Crippen molar-refractivity contribution in [3.8, 4) is 0 Å². The molecule has 1 aliphatic heterocycles. The van der Waals surface area contributed by atoms with Crippen molar-refractivity contribution >= 4 is 23.0 Å². The number of hydrogen-bond acceptors (Lipinski definition) is 7. The van der Waals surface area contributed by atoms with Gasteiger partial charge in [0, 0.05) is 18.8 Å². The van der Waals surface area contributed by atoms with Crippen LogP contribution in [0.3, 0.4) is 0 Å². The number of hydrogen-bond donors (Lipinski definition) is 1. The van der Waals surface area contributed by atoms with Crippen LogP contribution in [0.25, 0.3) is 0 Å². The zero-order valence-corrected chi connectivity index (χ0v) is 12.7. The van der Waals surface area contributed by atoms with E-state index < -0.39 is 4.92 Å². The largest absolute Gasteiger partial charge is 0.378 e. The fraction of sp³-hybridized carbons (Fsp3) is 0.333. The zero-order chi connectivity index (χ0) is 16.2. The van der Waals surface area contributed by atoms with E-state index in [-0.39, 0.29) is 11.5 Å². The van der Waals surface area contributed by atoms with E-state index in [0.29, 0.717) is 32.1 Å². The lowest BCUT2D eigenvalue weighted by Gasteiger charge is -2.27. The highest BCUT2D eigenvalue weighted by Gasteiger charge is 2.28. The van der Waals surface area contributed by atoms with Crippen LogP contribution in [0, 0.1) is 17.0 Å². The second kappa shape index (κ2) is 6.57. The Balaban J connectivity index is 1.97. The number of nitrogens with zero attached hydrogens (tertiary/aromatic N) is 4. The van der Waals surface area contributed by atoms with Gasteiger partial charge in [-0.2, -0.15) is 0 Å². The average molecular weight is 315 g/mol. The van der Waals surface area contributed by atoms with E-state index in [0.717, 1.165) is 11.3 Å². The average Bonchev–Trinajstić information content (AvgIpc) is 2.55. The summed E-state index contributed by atoms with van der Waals surface area (Å²) in [5.74, 6) is 0.514. The molecule has 1 N–H and O–H groups in total. The Morgan fingerprint density at radius 1 is 1.30 bits per heavy atom. The van der Waals surface area contributed by atoms with Crippen molar-refractivity contribution < 1.29 is 9.66 Å². The standard InChI is InChI=1S/C15H17N5O3/c1-11-3-2-4-12(9-11)18-14-13(20(21)22)15(17-10-16-14)19-5-7-23-8-6-19/h2-4,9-10H,5-8H2,1H3,(H,16,17,18). The third-order valence-corrected chi connectivity index (χ3v) is 3.58. The van der Waals surface area contributed by atoms with Crippen LogP contribution in [0.1, 0.15) is 5.56 Å². The topological polar surface area (TPSA) is 93.4 Å². The first kappa shape index (κ1) is 15.2. The maximum atomic E-state index is 11.6. The Labute approximate surface area is 133 Å². The number of ether oxygens (including phenoxy) is 1. The molecule has 1 fully saturated rings. The van der Waals surface area contributed by atoms with Gasteiger partial charge in [-0.05, 0) is 24.6 Å². The van der Waals surface area contributed by atoms with E-state index in [4.69, 9.17) is 4.74 Å². The van der Waals surface area contributed by atoms with Crippen molar-refractivity contribution in [2.45, 2.75) is 6.92 Å². The van der Waals surface area contributed by atoms with Crippen LogP contribution in [0.2, 0.25) is 0 Å². The quantitative estimate of drug-likeness (QED) is 0.683. The molecule has 0 radical (unpaired) electrons. The van der Waals surface area contributed by atoms with E-state index in [1.54, 1.807) is 0 Å². The monoisotopic (exact) mass is 315 g/mol. The minimum atomic E-state index is -0.442. The second-order valence-electron chi connectivity index (χ2n) is 5.25. The first-order valence-electron chi connectivity index (χ1n) is 7.31. The summed E-state index contributed by atoms with van der Waals surface area (Å²) in [6, 6.07) is 7.58. The molecular weight excluding hydrogens is 298 g/mol. The minimum absolute atomic E-state index is 0.115. The van der Waals surface area contributed by atoms with Crippen LogP contribution in [-0.4, -0.2) is 41.2 Å². The molecule has 8 heteroatoms. The Kier molecular flexibility index (Phi) is 4.33. The summed E-state index contributed by atoms with van der Waals surface area (Å²) < 4.78 is 5.29. The lowest BCUT2D eigenvalue weighted by molar-refractivity contribution is -0.383. The van der Waals surface area contributed by atoms with Crippen LogP contribution in [0.4, 0.5) is 23.0 Å². The lowest BCUT2D eigenvalue weighted by atomic mass is 10.2. The van der Waals surface area contributed by atoms with Gasteiger partial charge in [-0.25, -0.2) is 9.97 Å². The number of nitro groups is 1. The molecule has 0 atom stereocenters. The number of morpholine rings is 1. The smallest absolute Gasteiger partial charge is 0.353 e. The van der Waals surface area contributed by atoms with E-state index in [9.17, 15) is 10.1 Å². The van der Waals surface area contributed by atoms with Gasteiger partial charge in [0.1, 0.15) is 6.33 Å². The zero-order valence-electron chi connectivity index (χ0n) is 12.7. The number of rotatable bonds is 4. The van der Waals surface area contributed by atoms with Gasteiger partial charge in [0.2, 0.25) is 11.6 Å². The molecule has 1 aromatic carbocycles. The van der Waals surface area contributed by atoms with Crippen molar-refractivity contribution in [2.24, 2.45) is 0 Å². The summed E-state index contributed by atoms with van der Waals surface area (Å²) in [6.07, 6.45) is 1.34. The van der Waals surface area contributed by atoms with Gasteiger partial charge in [0.15, 0.2) is 0 Å². The first-order chi connectivity index (χ1) is 11.1. The Morgan fingerprint density at radius 3 is 2.78 bits per heavy atom. The Hall–Kier alpha value is -2.74. The molecule has 23 heavy (non-hydrogen) atoms. The number of benzene rings is 1. The normalized spacial score (nSPS) is 14.6. The number of aryl methyl sites for hydroxylation is 1. The molecule has 0 saturated carbocycles. The van der Waals surface area contributed by atoms with E-state index in [1.807, 2.05) is 36.1 Å². The fourth-order valence-electron chi connectivity index (χ4n) is 2.50. The van der Waals surface area contributed by atoms with Gasteiger partial charge in [-0.1, -0.05) is 12.1 Å². The number of aromatic nitrogens is 2. The third kappa shape index (κ3) is 3.37. The molecule has 0 unspecified atom stereocenters. The van der Waals surface area contributed by atoms with Crippen LogP contribution in [-0.2, 0) is 4.74 Å². The van der Waals surface area contributed by atoms with Crippen molar-refractivity contribution in [1.29, 1.82) is 0 Å². The molecule has 1 aromatic heterocycles. The van der Waals surface area contributed by atoms with Gasteiger partial charge in [-0.3, -0.25) is 10.1 Å². The highest BCUT2D eigenvalue weighted by Crippen LogP contribution is 2.33. The maximum absolute atomic E-state index is 11.6. The SMILES string of the molecule is Cc1cccc(Nc2ncnc(N3CCOCC3)c2[N+](=O)[O-])c1. The molecule has 2 aromatic rings. The molecule has 2 heterocycles. The summed E-state index contributed by atoms with van der Waals surface area (Å²) in [5.41, 5.74) is 1.69. The van der Waals surface area contributed by atoms with Crippen molar-refractivity contribution in [3.05, 3.63) is 46.3 Å². The summed E-state index contributed by atoms with van der Waals surface area (Å²) in [5, 5.41) is 14.6. The fourth-order valence-corrected chi connectivity index (χ4v) is 2.50. The predicted molar refractivity (Wildman–Crippen MR) is 86.2 cm³/mol. The van der Waals surface area contributed by atoms with Crippen LogP contribution in [0.5, 0.6) is 0 Å². The third-order valence-electron chi connectivity index (χ3n) is 3.58. The summed E-state index contributed by atoms with van der Waals surface area (Å²) in [7, 11) is 0. The molecule has 120 valence electrons. The summed E-state index contributed by atoms with van der Waals surface area (Å²) >= 11 is 0. The molecule has 3 rings (SSSR count). The molecule has 0 spiro atoms. The van der Waals surface area contributed by atoms with Crippen LogP contribution < -0.4 is 10.2 Å². The number of nitrogens with one attached hydrogen (secondary N) is 1. The van der Waals surface area contributed by atoms with E-state index in [1.165, 1.54) is 6.33 Å². The van der Waals surface area contributed by atoms with E-state index in [2.05, 4.69) is 15.3 Å². The molecule has 8 nitrogen and oxygen atoms in total. The highest BCUT2D eigenvalue weighted by atomic mass is 16.6. The maximum Gasteiger partial charge on any atom is 0.353 e. The van der Waals surface area contributed by atoms with Gasteiger partial charge in [0.25, 0.3) is 0 Å². The Morgan fingerprint density at radius 2 is 2.09 bits per heavy atom. The van der Waals surface area contributed by atoms with Crippen molar-refractivity contribution in [1.82, 2.24) is 9.97 Å². The summed E-state index contributed by atoms with van der Waals surface area (Å²) in [6.45, 7) is 4.16. The van der Waals surface area contributed by atoms with Crippen molar-refractivity contribution in [3.63, 3.8) is 0 Å². The van der Waals surface area contributed by atoms with Gasteiger partial charge in [0.05, 0.1) is 18.1 Å². The van der Waals surface area contributed by atoms with Crippen molar-refractivity contribution in [2.75, 3.05) is 36.5 Å². The van der Waals surface area contributed by atoms with Gasteiger partial charge in [-0.15, -0.1) is 0 Å². The summed E-state index contributed by atoms with van der Waals surface area (Å²) in [4.78, 5) is 21.2. The Bertz CT molecular complexity index is 716. The van der Waals surface area contributed by atoms with Crippen LogP contribution >= 0.6 is 0 Å². The van der Waals surface area contributed by atoms with Crippen LogP contribution in [0.15, 0.2) is 30.6 Å². The van der Waals surface area contributed by atoms with Gasteiger partial charge >= 0.3 is 5.69 Å².